The first-order chi connectivity index (χ1) is 12.7. The van der Waals surface area contributed by atoms with Crippen LogP contribution in [0, 0.1) is 0 Å². The molecule has 1 unspecified atom stereocenters. The number of carboxylic acid groups (broad SMARTS) is 1. The van der Waals surface area contributed by atoms with Crippen LogP contribution < -0.4 is 0 Å². The lowest BCUT2D eigenvalue weighted by Crippen LogP contribution is -2.07. The van der Waals surface area contributed by atoms with Crippen molar-refractivity contribution in [1.29, 1.82) is 0 Å². The number of unbranched alkanes of at least 4 members (excludes halogenated alkanes) is 3. The molecule has 1 atom stereocenters. The zero-order chi connectivity index (χ0) is 18.6. The van der Waals surface area contributed by atoms with Gasteiger partial charge in [0, 0.05) is 5.92 Å². The van der Waals surface area contributed by atoms with E-state index in [1.165, 1.54) is 36.0 Å². The van der Waals surface area contributed by atoms with E-state index in [4.69, 9.17) is 5.11 Å². The Bertz CT molecular complexity index is 652. The molecule has 0 aliphatic carbocycles. The van der Waals surface area contributed by atoms with Gasteiger partial charge < -0.3 is 9.84 Å². The Kier molecular flexibility index (Phi) is 8.74. The Balaban J connectivity index is 2.12. The summed E-state index contributed by atoms with van der Waals surface area (Å²) in [6, 6.07) is 19.4. The van der Waals surface area contributed by atoms with Crippen molar-refractivity contribution >= 4 is 6.16 Å². The van der Waals surface area contributed by atoms with Crippen LogP contribution in [0.4, 0.5) is 4.79 Å². The number of ether oxygens (including phenoxy) is 1. The van der Waals surface area contributed by atoms with E-state index in [-0.39, 0.29) is 6.61 Å². The van der Waals surface area contributed by atoms with E-state index in [1.807, 2.05) is 0 Å². The predicted molar refractivity (Wildman–Crippen MR) is 106 cm³/mol. The number of carbonyl (C=O) groups is 1. The monoisotopic (exact) mass is 354 g/mol. The van der Waals surface area contributed by atoms with Gasteiger partial charge >= 0.3 is 6.16 Å². The molecule has 0 aliphatic heterocycles. The van der Waals surface area contributed by atoms with Crippen LogP contribution >= 0.6 is 0 Å². The summed E-state index contributed by atoms with van der Waals surface area (Å²) < 4.78 is 4.64. The molecule has 0 heterocycles. The van der Waals surface area contributed by atoms with Gasteiger partial charge in [0.2, 0.25) is 0 Å². The van der Waals surface area contributed by atoms with E-state index in [0.717, 1.165) is 25.7 Å². The first kappa shape index (κ1) is 20.0. The highest BCUT2D eigenvalue weighted by Gasteiger charge is 2.17. The Morgan fingerprint density at radius 1 is 0.962 bits per heavy atom. The molecule has 0 spiro atoms. The van der Waals surface area contributed by atoms with E-state index < -0.39 is 6.16 Å². The van der Waals surface area contributed by atoms with Gasteiger partial charge in [0.25, 0.3) is 0 Å². The van der Waals surface area contributed by atoms with Crippen LogP contribution in [0.3, 0.4) is 0 Å². The van der Waals surface area contributed by atoms with Crippen molar-refractivity contribution < 1.29 is 14.6 Å². The second-order valence-corrected chi connectivity index (χ2v) is 6.73. The van der Waals surface area contributed by atoms with Gasteiger partial charge in [-0.2, -0.15) is 0 Å². The van der Waals surface area contributed by atoms with E-state index in [2.05, 4.69) is 66.3 Å². The van der Waals surface area contributed by atoms with E-state index in [1.54, 1.807) is 0 Å². The summed E-state index contributed by atoms with van der Waals surface area (Å²) in [6.45, 7) is 2.51. The van der Waals surface area contributed by atoms with Crippen LogP contribution in [0.1, 0.15) is 68.1 Å². The molecule has 0 saturated heterocycles. The number of benzene rings is 2. The van der Waals surface area contributed by atoms with Gasteiger partial charge in [0.15, 0.2) is 0 Å². The minimum atomic E-state index is -1.19. The third-order valence-electron chi connectivity index (χ3n) is 4.79. The van der Waals surface area contributed by atoms with Gasteiger partial charge in [-0.05, 0) is 48.8 Å². The molecule has 2 aromatic carbocycles. The maximum Gasteiger partial charge on any atom is 0.505 e. The Morgan fingerprint density at radius 3 is 2.42 bits per heavy atom. The topological polar surface area (TPSA) is 46.5 Å². The first-order valence-electron chi connectivity index (χ1n) is 9.70. The molecule has 26 heavy (non-hydrogen) atoms. The minimum Gasteiger partial charge on any atom is -0.450 e. The average Bonchev–Trinajstić information content (AvgIpc) is 2.66. The third-order valence-corrected chi connectivity index (χ3v) is 4.79. The number of hydrogen-bond donors (Lipinski definition) is 1. The predicted octanol–water partition coefficient (Wildman–Crippen LogP) is 6.42. The summed E-state index contributed by atoms with van der Waals surface area (Å²) in [5.74, 6) is 0.346. The SMILES string of the molecule is CCCCCc1ccccc1C(CCCCOC(=O)O)c1ccccc1. The van der Waals surface area contributed by atoms with Crippen LogP contribution in [0.25, 0.3) is 0 Å². The number of aryl methyl sites for hydroxylation is 1. The second kappa shape index (κ2) is 11.3. The van der Waals surface area contributed by atoms with Crippen molar-refractivity contribution in [3.63, 3.8) is 0 Å². The molecule has 0 radical (unpaired) electrons. The summed E-state index contributed by atoms with van der Waals surface area (Å²) in [6.07, 6.45) is 6.34. The lowest BCUT2D eigenvalue weighted by atomic mass is 9.83. The summed E-state index contributed by atoms with van der Waals surface area (Å²) in [5, 5.41) is 8.59. The van der Waals surface area contributed by atoms with Crippen molar-refractivity contribution in [2.24, 2.45) is 0 Å². The van der Waals surface area contributed by atoms with Crippen LogP contribution in [0.2, 0.25) is 0 Å². The highest BCUT2D eigenvalue weighted by atomic mass is 16.7. The fraction of sp³-hybridized carbons (Fsp3) is 0.435. The van der Waals surface area contributed by atoms with Crippen molar-refractivity contribution in [3.8, 4) is 0 Å². The van der Waals surface area contributed by atoms with E-state index in [9.17, 15) is 4.79 Å². The van der Waals surface area contributed by atoms with Crippen LogP contribution in [0.15, 0.2) is 54.6 Å². The molecule has 2 aromatic rings. The summed E-state index contributed by atoms with van der Waals surface area (Å²) in [7, 11) is 0. The van der Waals surface area contributed by atoms with Crippen LogP contribution in [-0.4, -0.2) is 17.9 Å². The van der Waals surface area contributed by atoms with Gasteiger partial charge in [0.05, 0.1) is 6.61 Å². The zero-order valence-electron chi connectivity index (χ0n) is 15.7. The molecule has 3 nitrogen and oxygen atoms in total. The first-order valence-corrected chi connectivity index (χ1v) is 9.70. The van der Waals surface area contributed by atoms with Gasteiger partial charge in [0.1, 0.15) is 0 Å². The van der Waals surface area contributed by atoms with Crippen LogP contribution in [0.5, 0.6) is 0 Å². The Hall–Kier alpha value is -2.29. The van der Waals surface area contributed by atoms with Gasteiger partial charge in [-0.1, -0.05) is 74.4 Å². The molecule has 2 rings (SSSR count). The third kappa shape index (κ3) is 6.55. The molecule has 3 heteroatoms. The van der Waals surface area contributed by atoms with Crippen LogP contribution in [-0.2, 0) is 11.2 Å². The van der Waals surface area contributed by atoms with Gasteiger partial charge in [-0.15, -0.1) is 0 Å². The number of hydrogen-bond acceptors (Lipinski definition) is 2. The smallest absolute Gasteiger partial charge is 0.450 e. The standard InChI is InChI=1S/C23H30O3/c1-2-3-5-12-19-15-8-9-16-21(19)22(20-13-6-4-7-14-20)17-10-11-18-26-23(24)25/h4,6-9,13-16,22H,2-3,5,10-12,17-18H2,1H3,(H,24,25). The maximum atomic E-state index is 10.5. The van der Waals surface area contributed by atoms with Crippen molar-refractivity contribution in [2.75, 3.05) is 6.61 Å². The lowest BCUT2D eigenvalue weighted by Gasteiger charge is -2.21. The molecule has 0 aromatic heterocycles. The molecule has 0 amide bonds. The quantitative estimate of drug-likeness (QED) is 0.374. The van der Waals surface area contributed by atoms with Crippen molar-refractivity contribution in [1.82, 2.24) is 0 Å². The Morgan fingerprint density at radius 2 is 1.69 bits per heavy atom. The Labute approximate surface area is 157 Å². The van der Waals surface area contributed by atoms with Crippen molar-refractivity contribution in [3.05, 3.63) is 71.3 Å². The highest BCUT2D eigenvalue weighted by molar-refractivity contribution is 5.56. The average molecular weight is 354 g/mol. The molecule has 0 saturated carbocycles. The molecule has 0 bridgehead atoms. The molecular formula is C23H30O3. The van der Waals surface area contributed by atoms with E-state index >= 15 is 0 Å². The molecular weight excluding hydrogens is 324 g/mol. The fourth-order valence-electron chi connectivity index (χ4n) is 3.46. The minimum absolute atomic E-state index is 0.273. The summed E-state index contributed by atoms with van der Waals surface area (Å²) >= 11 is 0. The van der Waals surface area contributed by atoms with Gasteiger partial charge in [-0.25, -0.2) is 4.79 Å². The zero-order valence-corrected chi connectivity index (χ0v) is 15.7. The van der Waals surface area contributed by atoms with Crippen molar-refractivity contribution in [2.45, 2.75) is 57.8 Å². The highest BCUT2D eigenvalue weighted by Crippen LogP contribution is 2.32. The molecule has 0 aliphatic rings. The maximum absolute atomic E-state index is 10.5. The second-order valence-electron chi connectivity index (χ2n) is 6.73. The fourth-order valence-corrected chi connectivity index (χ4v) is 3.46. The normalized spacial score (nSPS) is 11.9. The largest absolute Gasteiger partial charge is 0.505 e. The summed E-state index contributed by atoms with van der Waals surface area (Å²) in [4.78, 5) is 10.5. The molecule has 1 N–H and O–H groups in total. The lowest BCUT2D eigenvalue weighted by molar-refractivity contribution is 0.0899. The summed E-state index contributed by atoms with van der Waals surface area (Å²) in [5.41, 5.74) is 4.18. The molecule has 140 valence electrons. The van der Waals surface area contributed by atoms with Gasteiger partial charge in [-0.3, -0.25) is 0 Å². The number of rotatable bonds is 11. The molecule has 0 fully saturated rings. The van der Waals surface area contributed by atoms with E-state index in [0.29, 0.717) is 5.92 Å².